The Labute approximate surface area is 219 Å². The predicted octanol–water partition coefficient (Wildman–Crippen LogP) is 3.79. The van der Waals surface area contributed by atoms with Crippen molar-refractivity contribution in [1.29, 1.82) is 0 Å². The zero-order chi connectivity index (χ0) is 26.7. The van der Waals surface area contributed by atoms with Gasteiger partial charge in [-0.3, -0.25) is 14.6 Å². The summed E-state index contributed by atoms with van der Waals surface area (Å²) in [6.07, 6.45) is 2.03. The molecule has 0 saturated carbocycles. The third-order valence-corrected chi connectivity index (χ3v) is 6.86. The molecule has 196 valence electrons. The Bertz CT molecular complexity index is 1230. The molecule has 0 spiro atoms. The van der Waals surface area contributed by atoms with Crippen LogP contribution < -0.4 is 9.47 Å². The van der Waals surface area contributed by atoms with Crippen LogP contribution in [0.25, 0.3) is 5.76 Å². The predicted molar refractivity (Wildman–Crippen MR) is 135 cm³/mol. The van der Waals surface area contributed by atoms with Crippen molar-refractivity contribution < 1.29 is 33.7 Å². The van der Waals surface area contributed by atoms with Crippen molar-refractivity contribution in [3.05, 3.63) is 58.4 Å². The summed E-state index contributed by atoms with van der Waals surface area (Å²) in [5.74, 6) is -1.54. The second-order valence-electron chi connectivity index (χ2n) is 8.57. The molecule has 11 heteroatoms. The minimum absolute atomic E-state index is 0.112. The summed E-state index contributed by atoms with van der Waals surface area (Å²) in [4.78, 5) is 46.4. The Hall–Kier alpha value is -3.79. The number of hydrogen-bond acceptors (Lipinski definition) is 8. The van der Waals surface area contributed by atoms with E-state index in [9.17, 15) is 19.5 Å². The number of halogens is 1. The highest BCUT2D eigenvalue weighted by Crippen LogP contribution is 2.44. The number of ether oxygens (including phenoxy) is 3. The lowest BCUT2D eigenvalue weighted by Gasteiger charge is -2.38. The number of carbonyl (C=O) groups excluding carboxylic acids is 3. The van der Waals surface area contributed by atoms with Crippen LogP contribution in [0.15, 0.2) is 42.1 Å². The first-order valence-electron chi connectivity index (χ1n) is 11.9. The zero-order valence-corrected chi connectivity index (χ0v) is 21.5. The van der Waals surface area contributed by atoms with Gasteiger partial charge in [-0.1, -0.05) is 17.7 Å². The topological polar surface area (TPSA) is 119 Å². The van der Waals surface area contributed by atoms with Gasteiger partial charge in [0.1, 0.15) is 23.3 Å². The molecule has 1 aromatic carbocycles. The Morgan fingerprint density at radius 3 is 2.43 bits per heavy atom. The molecule has 0 bridgehead atoms. The van der Waals surface area contributed by atoms with Crippen molar-refractivity contribution in [3.63, 3.8) is 0 Å². The molecule has 0 aliphatic carbocycles. The monoisotopic (exact) mass is 529 g/mol. The van der Waals surface area contributed by atoms with Crippen LogP contribution >= 0.6 is 11.6 Å². The molecular weight excluding hydrogens is 502 g/mol. The molecule has 2 saturated heterocycles. The normalized spacial score (nSPS) is 19.7. The quantitative estimate of drug-likeness (QED) is 0.341. The summed E-state index contributed by atoms with van der Waals surface area (Å²) >= 11 is 6.22. The van der Waals surface area contributed by atoms with Gasteiger partial charge in [-0.05, 0) is 38.0 Å². The van der Waals surface area contributed by atoms with E-state index in [2.05, 4.69) is 4.98 Å². The number of aliphatic hydroxyl groups excluding tert-OH is 1. The van der Waals surface area contributed by atoms with Gasteiger partial charge >= 0.3 is 6.09 Å². The van der Waals surface area contributed by atoms with Gasteiger partial charge < -0.3 is 29.1 Å². The van der Waals surface area contributed by atoms with Gasteiger partial charge in [0.25, 0.3) is 11.7 Å². The van der Waals surface area contributed by atoms with Crippen LogP contribution in [0.2, 0.25) is 5.02 Å². The van der Waals surface area contributed by atoms with Gasteiger partial charge in [-0.25, -0.2) is 4.79 Å². The van der Waals surface area contributed by atoms with Crippen molar-refractivity contribution in [2.75, 3.05) is 33.9 Å². The number of ketones is 1. The summed E-state index contributed by atoms with van der Waals surface area (Å²) in [5, 5.41) is 11.7. The molecule has 1 aromatic heterocycles. The highest BCUT2D eigenvalue weighted by Gasteiger charge is 2.50. The van der Waals surface area contributed by atoms with Crippen molar-refractivity contribution >= 4 is 35.1 Å². The third-order valence-electron chi connectivity index (χ3n) is 6.56. The molecule has 37 heavy (non-hydrogen) atoms. The SMILES string of the molecule is CCOC(=O)N1CCC(N2C(=O)C(=O)/C(=C(/O)c3cc(OC)c(Cl)cc3OC)C2c2ccccn2)CC1. The van der Waals surface area contributed by atoms with E-state index >= 15 is 0 Å². The molecule has 0 radical (unpaired) electrons. The highest BCUT2D eigenvalue weighted by atomic mass is 35.5. The molecule has 1 N–H and O–H groups in total. The smallest absolute Gasteiger partial charge is 0.409 e. The number of nitrogens with zero attached hydrogens (tertiary/aromatic N) is 3. The molecule has 4 rings (SSSR count). The van der Waals surface area contributed by atoms with Crippen LogP contribution in [-0.2, 0) is 14.3 Å². The maximum atomic E-state index is 13.4. The summed E-state index contributed by atoms with van der Waals surface area (Å²) in [6.45, 7) is 2.74. The van der Waals surface area contributed by atoms with E-state index in [1.54, 1.807) is 36.2 Å². The number of rotatable bonds is 6. The lowest BCUT2D eigenvalue weighted by molar-refractivity contribution is -0.142. The van der Waals surface area contributed by atoms with Crippen LogP contribution in [0, 0.1) is 0 Å². The molecule has 10 nitrogen and oxygen atoms in total. The maximum Gasteiger partial charge on any atom is 0.409 e. The number of benzene rings is 1. The fourth-order valence-corrected chi connectivity index (χ4v) is 5.02. The number of Topliss-reactive ketones (excluding diaryl/α,β-unsaturated/α-hetero) is 1. The standard InChI is InChI=1S/C26H28ClN3O7/c1-4-37-26(34)29-11-8-15(9-12-29)30-22(18-7-5-6-10-28-18)21(24(32)25(30)33)23(31)16-13-20(36-3)17(27)14-19(16)35-2/h5-7,10,13-15,22,31H,4,8-9,11-12H2,1-3H3/b23-21+. The number of hydrogen-bond donors (Lipinski definition) is 1. The average Bonchev–Trinajstić information content (AvgIpc) is 3.18. The van der Waals surface area contributed by atoms with E-state index in [-0.39, 0.29) is 40.3 Å². The maximum absolute atomic E-state index is 13.4. The molecule has 2 aliphatic heterocycles. The van der Waals surface area contributed by atoms with Crippen LogP contribution in [0.5, 0.6) is 11.5 Å². The third kappa shape index (κ3) is 4.93. The lowest BCUT2D eigenvalue weighted by Crippen LogP contribution is -2.48. The average molecular weight is 530 g/mol. The van der Waals surface area contributed by atoms with Crippen LogP contribution in [-0.4, -0.2) is 77.6 Å². The number of aliphatic hydroxyl groups is 1. The van der Waals surface area contributed by atoms with Crippen LogP contribution in [0.3, 0.4) is 0 Å². The highest BCUT2D eigenvalue weighted by molar-refractivity contribution is 6.46. The second-order valence-corrected chi connectivity index (χ2v) is 8.97. The summed E-state index contributed by atoms with van der Waals surface area (Å²) in [6, 6.07) is 6.79. The van der Waals surface area contributed by atoms with Gasteiger partial charge in [-0.2, -0.15) is 0 Å². The number of aromatic nitrogens is 1. The Morgan fingerprint density at radius 1 is 1.14 bits per heavy atom. The Kier molecular flexibility index (Phi) is 7.87. The minimum atomic E-state index is -0.938. The van der Waals surface area contributed by atoms with E-state index in [0.29, 0.717) is 31.6 Å². The molecule has 2 amide bonds. The number of methoxy groups -OCH3 is 2. The van der Waals surface area contributed by atoms with Crippen molar-refractivity contribution in [1.82, 2.24) is 14.8 Å². The van der Waals surface area contributed by atoms with Gasteiger partial charge in [0.2, 0.25) is 0 Å². The van der Waals surface area contributed by atoms with E-state index in [4.69, 9.17) is 25.8 Å². The molecule has 1 atom stereocenters. The first-order chi connectivity index (χ1) is 17.8. The minimum Gasteiger partial charge on any atom is -0.507 e. The largest absolute Gasteiger partial charge is 0.507 e. The van der Waals surface area contributed by atoms with Crippen molar-refractivity contribution in [2.24, 2.45) is 0 Å². The Morgan fingerprint density at radius 2 is 1.84 bits per heavy atom. The number of carbonyl (C=O) groups is 3. The van der Waals surface area contributed by atoms with E-state index in [1.165, 1.54) is 31.3 Å². The molecule has 3 heterocycles. The first-order valence-corrected chi connectivity index (χ1v) is 12.2. The van der Waals surface area contributed by atoms with Gasteiger partial charge in [0, 0.05) is 31.4 Å². The van der Waals surface area contributed by atoms with E-state index in [0.717, 1.165) is 0 Å². The van der Waals surface area contributed by atoms with Gasteiger partial charge in [-0.15, -0.1) is 0 Å². The number of amides is 2. The Balaban J connectivity index is 1.79. The van der Waals surface area contributed by atoms with Crippen LogP contribution in [0.4, 0.5) is 4.79 Å². The van der Waals surface area contributed by atoms with Crippen molar-refractivity contribution in [2.45, 2.75) is 31.8 Å². The zero-order valence-electron chi connectivity index (χ0n) is 20.8. The number of piperidine rings is 1. The van der Waals surface area contributed by atoms with E-state index < -0.39 is 29.6 Å². The summed E-state index contributed by atoms with van der Waals surface area (Å²) in [5.41, 5.74) is 0.468. The van der Waals surface area contributed by atoms with Gasteiger partial charge in [0.15, 0.2) is 0 Å². The fourth-order valence-electron chi connectivity index (χ4n) is 4.79. The first kappa shape index (κ1) is 26.3. The van der Waals surface area contributed by atoms with E-state index in [1.807, 2.05) is 0 Å². The molecule has 2 fully saturated rings. The molecule has 2 aliphatic rings. The fraction of sp³-hybridized carbons (Fsp3) is 0.385. The molecule has 2 aromatic rings. The molecular formula is C26H28ClN3O7. The summed E-state index contributed by atoms with van der Waals surface area (Å²) in [7, 11) is 2.83. The summed E-state index contributed by atoms with van der Waals surface area (Å²) < 4.78 is 15.8. The molecule has 1 unspecified atom stereocenters. The number of likely N-dealkylation sites (tertiary alicyclic amines) is 2. The number of pyridine rings is 1. The van der Waals surface area contributed by atoms with Gasteiger partial charge in [0.05, 0.1) is 42.7 Å². The lowest BCUT2D eigenvalue weighted by atomic mass is 9.96. The van der Waals surface area contributed by atoms with Crippen LogP contribution in [0.1, 0.15) is 37.1 Å². The second kappa shape index (κ2) is 11.1. The van der Waals surface area contributed by atoms with Crippen molar-refractivity contribution in [3.8, 4) is 11.5 Å².